The number of pyridine rings is 2. The molecule has 0 amide bonds. The maximum atomic E-state index is 13.0. The zero-order valence-electron chi connectivity index (χ0n) is 14.9. The lowest BCUT2D eigenvalue weighted by Crippen LogP contribution is -2.47. The monoisotopic (exact) mass is 363 g/mol. The first-order chi connectivity index (χ1) is 13.2. The predicted octanol–water partition coefficient (Wildman–Crippen LogP) is 1.96. The molecule has 0 spiro atoms. The molecule has 2 atom stereocenters. The van der Waals surface area contributed by atoms with Crippen molar-refractivity contribution in [1.29, 1.82) is 0 Å². The topological polar surface area (TPSA) is 87.0 Å². The lowest BCUT2D eigenvalue weighted by atomic mass is 9.83. The van der Waals surface area contributed by atoms with Crippen LogP contribution in [0, 0.1) is 5.92 Å². The number of aromatic nitrogens is 4. The van der Waals surface area contributed by atoms with Crippen molar-refractivity contribution in [2.75, 3.05) is 13.1 Å². The molecule has 7 nitrogen and oxygen atoms in total. The van der Waals surface area contributed by atoms with Gasteiger partial charge < -0.3 is 14.7 Å². The fourth-order valence-corrected chi connectivity index (χ4v) is 4.51. The summed E-state index contributed by atoms with van der Waals surface area (Å²) in [5, 5.41) is 9.40. The number of aromatic hydroxyl groups is 1. The van der Waals surface area contributed by atoms with Crippen LogP contribution in [-0.2, 0) is 13.1 Å². The summed E-state index contributed by atoms with van der Waals surface area (Å²) in [5.41, 5.74) is 2.76. The summed E-state index contributed by atoms with van der Waals surface area (Å²) in [6.45, 7) is 3.38. The maximum Gasteiger partial charge on any atom is 0.261 e. The molecule has 2 bridgehead atoms. The summed E-state index contributed by atoms with van der Waals surface area (Å²) in [6, 6.07) is 7.53. The Labute approximate surface area is 156 Å². The van der Waals surface area contributed by atoms with Crippen molar-refractivity contribution < 1.29 is 5.11 Å². The van der Waals surface area contributed by atoms with Gasteiger partial charge >= 0.3 is 0 Å². The molecule has 0 saturated carbocycles. The second-order valence-corrected chi connectivity index (χ2v) is 7.53. The van der Waals surface area contributed by atoms with Crippen LogP contribution in [0.25, 0.3) is 11.4 Å². The van der Waals surface area contributed by atoms with E-state index in [1.807, 2.05) is 16.7 Å². The van der Waals surface area contributed by atoms with Crippen LogP contribution >= 0.6 is 0 Å². The van der Waals surface area contributed by atoms with Crippen LogP contribution in [-0.4, -0.2) is 42.6 Å². The second-order valence-electron chi connectivity index (χ2n) is 7.53. The Hall–Kier alpha value is -2.93. The van der Waals surface area contributed by atoms with Crippen LogP contribution in [0.15, 0.2) is 47.7 Å². The Morgan fingerprint density at radius 2 is 2.07 bits per heavy atom. The maximum absolute atomic E-state index is 13.0. The molecule has 5 rings (SSSR count). The van der Waals surface area contributed by atoms with E-state index in [0.29, 0.717) is 23.2 Å². The van der Waals surface area contributed by atoms with Crippen molar-refractivity contribution >= 4 is 0 Å². The van der Waals surface area contributed by atoms with Crippen LogP contribution in [0.3, 0.4) is 0 Å². The normalized spacial score (nSPS) is 21.8. The lowest BCUT2D eigenvalue weighted by molar-refractivity contribution is 0.113. The molecule has 0 aliphatic carbocycles. The third-order valence-corrected chi connectivity index (χ3v) is 5.63. The van der Waals surface area contributed by atoms with E-state index in [9.17, 15) is 9.90 Å². The summed E-state index contributed by atoms with van der Waals surface area (Å²) in [7, 11) is 0. The van der Waals surface area contributed by atoms with E-state index in [1.54, 1.807) is 18.5 Å². The lowest BCUT2D eigenvalue weighted by Gasteiger charge is -2.42. The van der Waals surface area contributed by atoms with Gasteiger partial charge in [0.15, 0.2) is 0 Å². The first kappa shape index (κ1) is 16.3. The fraction of sp³-hybridized carbons (Fsp3) is 0.350. The molecule has 0 aromatic carbocycles. The number of aromatic amines is 1. The van der Waals surface area contributed by atoms with E-state index in [0.717, 1.165) is 44.0 Å². The number of hydrogen-bond acceptors (Lipinski definition) is 5. The highest BCUT2D eigenvalue weighted by Crippen LogP contribution is 2.36. The van der Waals surface area contributed by atoms with Gasteiger partial charge in [0, 0.05) is 50.2 Å². The summed E-state index contributed by atoms with van der Waals surface area (Å²) >= 11 is 0. The molecule has 3 aromatic heterocycles. The van der Waals surface area contributed by atoms with Crippen LogP contribution in [0.2, 0.25) is 0 Å². The Bertz CT molecular complexity index is 1010. The minimum atomic E-state index is 0.0470. The number of piperidine rings is 1. The minimum Gasteiger partial charge on any atom is -0.506 e. The molecule has 2 aliphatic heterocycles. The number of likely N-dealkylation sites (tertiary alicyclic amines) is 1. The Kier molecular flexibility index (Phi) is 3.82. The van der Waals surface area contributed by atoms with Crippen molar-refractivity contribution in [2.24, 2.45) is 5.92 Å². The largest absolute Gasteiger partial charge is 0.506 e. The van der Waals surface area contributed by atoms with Crippen LogP contribution < -0.4 is 5.56 Å². The Balaban J connectivity index is 1.42. The molecular formula is C20H21N5O2. The average Bonchev–Trinajstić information content (AvgIpc) is 3.19. The van der Waals surface area contributed by atoms with Crippen molar-refractivity contribution in [3.05, 3.63) is 64.6 Å². The highest BCUT2D eigenvalue weighted by Gasteiger charge is 2.35. The predicted molar refractivity (Wildman–Crippen MR) is 100 cm³/mol. The fourth-order valence-electron chi connectivity index (χ4n) is 4.51. The second kappa shape index (κ2) is 6.35. The highest BCUT2D eigenvalue weighted by atomic mass is 16.3. The molecule has 0 unspecified atom stereocenters. The Morgan fingerprint density at radius 3 is 2.85 bits per heavy atom. The molecule has 2 N–H and O–H groups in total. The van der Waals surface area contributed by atoms with E-state index in [4.69, 9.17) is 0 Å². The molecule has 27 heavy (non-hydrogen) atoms. The quantitative estimate of drug-likeness (QED) is 0.743. The number of nitrogens with zero attached hydrogens (tertiary/aromatic N) is 4. The van der Waals surface area contributed by atoms with Gasteiger partial charge in [0.05, 0.1) is 17.5 Å². The standard InChI is InChI=1S/C20H21N5O2/c26-16-2-1-15(23-8-16)12-24-9-13-7-14(11-24)18-4-3-17(19-21-5-6-22-19)20(27)25(18)10-13/h1-6,8,13-14,26H,7,9-12H2,(H,21,22)/t13-,14+/m0/s1. The summed E-state index contributed by atoms with van der Waals surface area (Å²) < 4.78 is 1.95. The SMILES string of the molecule is O=c1c(-c2ncc[nH]2)ccc2n1C[C@H]1C[C@@H]2CN(Cc2ccc(O)cn2)C1. The number of rotatable bonds is 3. The smallest absolute Gasteiger partial charge is 0.261 e. The van der Waals surface area contributed by atoms with Gasteiger partial charge in [0.25, 0.3) is 5.56 Å². The van der Waals surface area contributed by atoms with Gasteiger partial charge in [-0.1, -0.05) is 0 Å². The zero-order chi connectivity index (χ0) is 18.4. The molecule has 138 valence electrons. The van der Waals surface area contributed by atoms with Crippen LogP contribution in [0.5, 0.6) is 5.75 Å². The van der Waals surface area contributed by atoms with Gasteiger partial charge in [-0.25, -0.2) is 4.98 Å². The molecule has 1 saturated heterocycles. The van der Waals surface area contributed by atoms with Crippen molar-refractivity contribution in [2.45, 2.75) is 25.4 Å². The minimum absolute atomic E-state index is 0.0470. The molecule has 3 aromatic rings. The highest BCUT2D eigenvalue weighted by molar-refractivity contribution is 5.53. The molecule has 7 heteroatoms. The van der Waals surface area contributed by atoms with Gasteiger partial charge in [-0.05, 0) is 36.6 Å². The molecule has 1 fully saturated rings. The van der Waals surface area contributed by atoms with Crippen LogP contribution in [0.4, 0.5) is 0 Å². The van der Waals surface area contributed by atoms with E-state index < -0.39 is 0 Å². The summed E-state index contributed by atoms with van der Waals surface area (Å²) in [5.74, 6) is 1.63. The van der Waals surface area contributed by atoms with Crippen molar-refractivity contribution in [1.82, 2.24) is 24.4 Å². The number of fused-ring (bicyclic) bond motifs is 4. The van der Waals surface area contributed by atoms with Crippen molar-refractivity contribution in [3.8, 4) is 17.1 Å². The third-order valence-electron chi connectivity index (χ3n) is 5.63. The average molecular weight is 363 g/mol. The Morgan fingerprint density at radius 1 is 1.15 bits per heavy atom. The molecular weight excluding hydrogens is 342 g/mol. The summed E-state index contributed by atoms with van der Waals surface area (Å²) in [6.07, 6.45) is 6.02. The van der Waals surface area contributed by atoms with Gasteiger partial charge in [0.1, 0.15) is 11.6 Å². The van der Waals surface area contributed by atoms with Crippen molar-refractivity contribution in [3.63, 3.8) is 0 Å². The van der Waals surface area contributed by atoms with E-state index in [2.05, 4.69) is 25.9 Å². The molecule has 5 heterocycles. The van der Waals surface area contributed by atoms with E-state index in [1.165, 1.54) is 6.20 Å². The molecule has 0 radical (unpaired) electrons. The first-order valence-electron chi connectivity index (χ1n) is 9.27. The number of imidazole rings is 1. The summed E-state index contributed by atoms with van der Waals surface area (Å²) in [4.78, 5) is 27.0. The zero-order valence-corrected chi connectivity index (χ0v) is 14.9. The van der Waals surface area contributed by atoms with E-state index >= 15 is 0 Å². The number of nitrogens with one attached hydrogen (secondary N) is 1. The molecule has 2 aliphatic rings. The number of H-pyrrole nitrogens is 1. The van der Waals surface area contributed by atoms with Gasteiger partial charge in [-0.3, -0.25) is 14.7 Å². The van der Waals surface area contributed by atoms with E-state index in [-0.39, 0.29) is 11.3 Å². The van der Waals surface area contributed by atoms with Gasteiger partial charge in [0.2, 0.25) is 0 Å². The van der Waals surface area contributed by atoms with Crippen LogP contribution in [0.1, 0.15) is 23.7 Å². The third kappa shape index (κ3) is 2.94. The first-order valence-corrected chi connectivity index (χ1v) is 9.27. The van der Waals surface area contributed by atoms with Gasteiger partial charge in [-0.2, -0.15) is 0 Å². The van der Waals surface area contributed by atoms with Gasteiger partial charge in [-0.15, -0.1) is 0 Å². The number of hydrogen-bond donors (Lipinski definition) is 2.